The Labute approximate surface area is 384 Å². The average Bonchev–Trinajstić information content (AvgIpc) is 4.05. The van der Waals surface area contributed by atoms with E-state index in [1.165, 1.54) is 10.8 Å². The molecule has 0 saturated carbocycles. The molecule has 14 aromatic rings. The van der Waals surface area contributed by atoms with Gasteiger partial charge in [-0.15, -0.1) is 0 Å². The zero-order valence-corrected chi connectivity index (χ0v) is 36.0. The molecule has 14 rings (SSSR count). The lowest BCUT2D eigenvalue weighted by atomic mass is 10.0. The highest BCUT2D eigenvalue weighted by molar-refractivity contribution is 6.17. The highest BCUT2D eigenvalue weighted by Gasteiger charge is 2.25. The number of rotatable bonds is 6. The van der Waals surface area contributed by atoms with Crippen LogP contribution in [0.25, 0.3) is 133 Å². The largest absolute Gasteiger partial charge is 0.454 e. The van der Waals surface area contributed by atoms with Crippen LogP contribution in [0.1, 0.15) is 0 Å². The lowest BCUT2D eigenvalue weighted by molar-refractivity contribution is 0.666. The summed E-state index contributed by atoms with van der Waals surface area (Å²) in [5, 5.41) is 9.07. The molecule has 6 nitrogen and oxygen atoms in total. The molecular formula is C61H37N5O. The first-order valence-electron chi connectivity index (χ1n) is 22.6. The van der Waals surface area contributed by atoms with Crippen molar-refractivity contribution >= 4 is 76.3 Å². The zero-order chi connectivity index (χ0) is 44.0. The second-order valence-electron chi connectivity index (χ2n) is 17.2. The van der Waals surface area contributed by atoms with Crippen LogP contribution in [-0.4, -0.2) is 24.1 Å². The third kappa shape index (κ3) is 5.86. The first-order valence-corrected chi connectivity index (χ1v) is 22.6. The number of aromatic nitrogens is 5. The fourth-order valence-corrected chi connectivity index (χ4v) is 10.2. The molecule has 0 atom stereocenters. The molecule has 10 aromatic carbocycles. The van der Waals surface area contributed by atoms with E-state index in [1.807, 2.05) is 18.2 Å². The molecule has 67 heavy (non-hydrogen) atoms. The lowest BCUT2D eigenvalue weighted by Crippen LogP contribution is -2.04. The number of furan rings is 1. The molecule has 312 valence electrons. The van der Waals surface area contributed by atoms with Gasteiger partial charge in [-0.05, 0) is 82.6 Å². The van der Waals surface area contributed by atoms with Crippen molar-refractivity contribution in [3.8, 4) is 56.7 Å². The molecule has 4 heterocycles. The van der Waals surface area contributed by atoms with Crippen LogP contribution < -0.4 is 0 Å². The highest BCUT2D eigenvalue weighted by atomic mass is 16.3. The molecule has 0 unspecified atom stereocenters. The highest BCUT2D eigenvalue weighted by Crippen LogP contribution is 2.44. The van der Waals surface area contributed by atoms with Crippen molar-refractivity contribution in [3.05, 3.63) is 224 Å². The van der Waals surface area contributed by atoms with E-state index in [4.69, 9.17) is 19.4 Å². The van der Waals surface area contributed by atoms with Gasteiger partial charge in [0.15, 0.2) is 23.1 Å². The SMILES string of the molecule is c1ccc(-c2ccc(-c3nc(-c4ccc5c6ccccc6n(-c6ccccc6)c5c4)nc(-c4ccc5c(oc6ccccc65)c4-n4c5ccccc5c5cc6ccccc6cc54)n3)cc2)cc1. The zero-order valence-electron chi connectivity index (χ0n) is 36.0. The topological polar surface area (TPSA) is 61.7 Å². The Morgan fingerprint density at radius 1 is 0.313 bits per heavy atom. The Morgan fingerprint density at radius 3 is 1.61 bits per heavy atom. The third-order valence-electron chi connectivity index (χ3n) is 13.4. The van der Waals surface area contributed by atoms with Gasteiger partial charge in [0.05, 0.1) is 22.1 Å². The molecule has 0 bridgehead atoms. The molecule has 0 saturated heterocycles. The van der Waals surface area contributed by atoms with E-state index in [2.05, 4.69) is 215 Å². The summed E-state index contributed by atoms with van der Waals surface area (Å²) in [5.74, 6) is 1.69. The lowest BCUT2D eigenvalue weighted by Gasteiger charge is -2.16. The second kappa shape index (κ2) is 14.7. The maximum absolute atomic E-state index is 6.98. The fraction of sp³-hybridized carbons (Fsp3) is 0. The van der Waals surface area contributed by atoms with Crippen LogP contribution in [0, 0.1) is 0 Å². The molecule has 0 N–H and O–H groups in total. The Bertz CT molecular complexity index is 4260. The Morgan fingerprint density at radius 2 is 0.836 bits per heavy atom. The summed E-state index contributed by atoms with van der Waals surface area (Å²) in [6.07, 6.45) is 0. The van der Waals surface area contributed by atoms with E-state index in [0.717, 1.165) is 105 Å². The molecule has 0 spiro atoms. The third-order valence-corrected chi connectivity index (χ3v) is 13.4. The van der Waals surface area contributed by atoms with Crippen LogP contribution in [0.3, 0.4) is 0 Å². The Balaban J connectivity index is 1.07. The Kier molecular flexibility index (Phi) is 8.18. The monoisotopic (exact) mass is 855 g/mol. The smallest absolute Gasteiger partial charge is 0.166 e. The van der Waals surface area contributed by atoms with Crippen molar-refractivity contribution in [1.82, 2.24) is 24.1 Å². The standard InChI is InChI=1S/C61H37N5O/c1-3-15-38(16-4-1)39-27-29-40(30-28-39)59-62-60(43-31-32-47-45-21-9-12-24-52(45)65(54(47)37-43)44-19-5-2-6-20-44)64-61(63-59)50-34-33-49-48-23-11-14-26-56(48)67-58(49)57(50)66-53-25-13-10-22-46(53)51-35-41-17-7-8-18-42(41)36-55(51)66/h1-37H. The molecule has 6 heteroatoms. The van der Waals surface area contributed by atoms with Gasteiger partial charge in [-0.25, -0.2) is 15.0 Å². The van der Waals surface area contributed by atoms with Crippen molar-refractivity contribution in [2.45, 2.75) is 0 Å². The van der Waals surface area contributed by atoms with Crippen LogP contribution in [-0.2, 0) is 0 Å². The van der Waals surface area contributed by atoms with Crippen molar-refractivity contribution in [2.24, 2.45) is 0 Å². The van der Waals surface area contributed by atoms with E-state index >= 15 is 0 Å². The van der Waals surface area contributed by atoms with Gasteiger partial charge < -0.3 is 13.6 Å². The number of hydrogen-bond acceptors (Lipinski definition) is 4. The van der Waals surface area contributed by atoms with Gasteiger partial charge >= 0.3 is 0 Å². The molecule has 0 aliphatic heterocycles. The molecule has 0 fully saturated rings. The second-order valence-corrected chi connectivity index (χ2v) is 17.2. The normalized spacial score (nSPS) is 11.9. The van der Waals surface area contributed by atoms with Crippen LogP contribution in [0.5, 0.6) is 0 Å². The maximum atomic E-state index is 6.98. The van der Waals surface area contributed by atoms with Crippen molar-refractivity contribution in [1.29, 1.82) is 0 Å². The van der Waals surface area contributed by atoms with Crippen molar-refractivity contribution in [2.75, 3.05) is 0 Å². The van der Waals surface area contributed by atoms with Crippen LogP contribution in [0.4, 0.5) is 0 Å². The quantitative estimate of drug-likeness (QED) is 0.167. The summed E-state index contributed by atoms with van der Waals surface area (Å²) in [4.78, 5) is 16.2. The van der Waals surface area contributed by atoms with Gasteiger partial charge in [0, 0.05) is 54.7 Å². The average molecular weight is 856 g/mol. The molecule has 4 aromatic heterocycles. The first kappa shape index (κ1) is 37.3. The number of benzene rings is 10. The predicted octanol–water partition coefficient (Wildman–Crippen LogP) is 15.8. The van der Waals surface area contributed by atoms with E-state index < -0.39 is 0 Å². The van der Waals surface area contributed by atoms with Crippen LogP contribution in [0.2, 0.25) is 0 Å². The molecule has 0 radical (unpaired) electrons. The summed E-state index contributed by atoms with van der Waals surface area (Å²) in [7, 11) is 0. The molecule has 0 amide bonds. The summed E-state index contributed by atoms with van der Waals surface area (Å²) in [5.41, 5.74) is 12.7. The summed E-state index contributed by atoms with van der Waals surface area (Å²) in [6, 6.07) is 79.1. The van der Waals surface area contributed by atoms with Crippen molar-refractivity contribution < 1.29 is 4.42 Å². The van der Waals surface area contributed by atoms with E-state index in [1.54, 1.807) is 0 Å². The van der Waals surface area contributed by atoms with E-state index in [-0.39, 0.29) is 0 Å². The van der Waals surface area contributed by atoms with Crippen molar-refractivity contribution in [3.63, 3.8) is 0 Å². The molecular weight excluding hydrogens is 819 g/mol. The summed E-state index contributed by atoms with van der Waals surface area (Å²) in [6.45, 7) is 0. The van der Waals surface area contributed by atoms with Gasteiger partial charge in [0.25, 0.3) is 0 Å². The number of hydrogen-bond donors (Lipinski definition) is 0. The van der Waals surface area contributed by atoms with E-state index in [0.29, 0.717) is 17.5 Å². The maximum Gasteiger partial charge on any atom is 0.166 e. The minimum Gasteiger partial charge on any atom is -0.454 e. The van der Waals surface area contributed by atoms with Gasteiger partial charge in [-0.2, -0.15) is 0 Å². The summed E-state index contributed by atoms with van der Waals surface area (Å²) >= 11 is 0. The Hall–Kier alpha value is -9.13. The fourth-order valence-electron chi connectivity index (χ4n) is 10.2. The van der Waals surface area contributed by atoms with Gasteiger partial charge in [0.1, 0.15) is 11.3 Å². The van der Waals surface area contributed by atoms with E-state index in [9.17, 15) is 0 Å². The number of nitrogens with zero attached hydrogens (tertiary/aromatic N) is 5. The predicted molar refractivity (Wildman–Crippen MR) is 275 cm³/mol. The minimum atomic E-state index is 0.542. The van der Waals surface area contributed by atoms with Gasteiger partial charge in [-0.3, -0.25) is 0 Å². The van der Waals surface area contributed by atoms with Crippen LogP contribution >= 0.6 is 0 Å². The minimum absolute atomic E-state index is 0.542. The summed E-state index contributed by atoms with van der Waals surface area (Å²) < 4.78 is 11.7. The first-order chi connectivity index (χ1) is 33.2. The van der Waals surface area contributed by atoms with Gasteiger partial charge in [-0.1, -0.05) is 164 Å². The van der Waals surface area contributed by atoms with Crippen LogP contribution in [0.15, 0.2) is 229 Å². The van der Waals surface area contributed by atoms with Gasteiger partial charge in [0.2, 0.25) is 0 Å². The number of para-hydroxylation sites is 4. The number of fused-ring (bicyclic) bond motifs is 10. The molecule has 0 aliphatic carbocycles. The molecule has 0 aliphatic rings.